The van der Waals surface area contributed by atoms with E-state index in [0.29, 0.717) is 6.54 Å². The van der Waals surface area contributed by atoms with Gasteiger partial charge in [0, 0.05) is 22.3 Å². The van der Waals surface area contributed by atoms with E-state index in [9.17, 15) is 0 Å². The second-order valence-corrected chi connectivity index (χ2v) is 7.26. The number of nitrogens with one attached hydrogen (secondary N) is 1. The molecule has 1 N–H and O–H groups in total. The Labute approximate surface area is 131 Å². The van der Waals surface area contributed by atoms with Crippen LogP contribution in [0.4, 0.5) is 5.13 Å². The highest BCUT2D eigenvalue weighted by Gasteiger charge is 2.19. The van der Waals surface area contributed by atoms with Crippen molar-refractivity contribution in [2.45, 2.75) is 32.7 Å². The Kier molecular flexibility index (Phi) is 3.77. The Morgan fingerprint density at radius 2 is 2.14 bits per heavy atom. The van der Waals surface area contributed by atoms with Crippen molar-refractivity contribution < 1.29 is 4.42 Å². The van der Waals surface area contributed by atoms with Gasteiger partial charge < -0.3 is 9.73 Å². The number of hydrogen-bond donors (Lipinski definition) is 1. The van der Waals surface area contributed by atoms with Crippen molar-refractivity contribution in [1.29, 1.82) is 0 Å². The number of thiazole rings is 1. The van der Waals surface area contributed by atoms with Crippen molar-refractivity contribution in [3.05, 3.63) is 35.3 Å². The first-order valence-electron chi connectivity index (χ1n) is 6.59. The molecule has 0 unspecified atom stereocenters. The molecule has 0 saturated carbocycles. The Balaban J connectivity index is 1.64. The average molecular weight is 320 g/mol. The molecule has 0 spiro atoms. The molecule has 5 nitrogen and oxygen atoms in total. The first kappa shape index (κ1) is 14.2. The standard InChI is InChI=1S/C14H16N4OS2/c1-14(2,3)12-17-13(21-18-12)15-7-9-8-20-11(16-9)10-5-4-6-19-10/h4-6,8H,7H2,1-3H3,(H,15,17,18). The Hall–Kier alpha value is -1.73. The first-order chi connectivity index (χ1) is 10.0. The van der Waals surface area contributed by atoms with Crippen molar-refractivity contribution in [2.24, 2.45) is 0 Å². The maximum atomic E-state index is 5.34. The summed E-state index contributed by atoms with van der Waals surface area (Å²) in [6, 6.07) is 3.78. The zero-order valence-corrected chi connectivity index (χ0v) is 13.7. The Bertz CT molecular complexity index is 709. The van der Waals surface area contributed by atoms with Gasteiger partial charge in [0.25, 0.3) is 0 Å². The van der Waals surface area contributed by atoms with Gasteiger partial charge in [-0.3, -0.25) is 0 Å². The molecule has 3 rings (SSSR count). The zero-order valence-electron chi connectivity index (χ0n) is 12.1. The van der Waals surface area contributed by atoms with Crippen molar-refractivity contribution in [3.8, 4) is 10.8 Å². The second-order valence-electron chi connectivity index (χ2n) is 5.65. The van der Waals surface area contributed by atoms with E-state index in [1.54, 1.807) is 17.6 Å². The summed E-state index contributed by atoms with van der Waals surface area (Å²) in [5, 5.41) is 7.01. The van der Waals surface area contributed by atoms with Crippen LogP contribution < -0.4 is 5.32 Å². The number of rotatable bonds is 4. The van der Waals surface area contributed by atoms with E-state index < -0.39 is 0 Å². The third-order valence-corrected chi connectivity index (χ3v) is 4.38. The summed E-state index contributed by atoms with van der Waals surface area (Å²) in [4.78, 5) is 9.05. The normalized spacial score (nSPS) is 11.8. The molecule has 0 aliphatic carbocycles. The number of aromatic nitrogens is 3. The van der Waals surface area contributed by atoms with Gasteiger partial charge in [0.2, 0.25) is 5.13 Å². The van der Waals surface area contributed by atoms with Gasteiger partial charge in [-0.05, 0) is 12.1 Å². The number of nitrogens with zero attached hydrogens (tertiary/aromatic N) is 3. The van der Waals surface area contributed by atoms with E-state index in [2.05, 4.69) is 40.4 Å². The highest BCUT2D eigenvalue weighted by Crippen LogP contribution is 2.25. The minimum absolute atomic E-state index is 0.0243. The van der Waals surface area contributed by atoms with Crippen molar-refractivity contribution in [2.75, 3.05) is 5.32 Å². The SMILES string of the molecule is CC(C)(C)c1nsc(NCc2csc(-c3ccco3)n2)n1. The molecule has 0 saturated heterocycles. The first-order valence-corrected chi connectivity index (χ1v) is 8.24. The molecule has 0 amide bonds. The smallest absolute Gasteiger partial charge is 0.202 e. The van der Waals surface area contributed by atoms with Crippen LogP contribution in [0.25, 0.3) is 10.8 Å². The molecule has 0 atom stereocenters. The van der Waals surface area contributed by atoms with E-state index >= 15 is 0 Å². The van der Waals surface area contributed by atoms with Crippen LogP contribution in [0, 0.1) is 0 Å². The summed E-state index contributed by atoms with van der Waals surface area (Å²) >= 11 is 2.96. The number of anilines is 1. The molecule has 3 aromatic heterocycles. The molecule has 0 aliphatic heterocycles. The van der Waals surface area contributed by atoms with Gasteiger partial charge in [-0.2, -0.15) is 4.37 Å². The average Bonchev–Trinajstić information content (AvgIpc) is 3.16. The Morgan fingerprint density at radius 1 is 1.29 bits per heavy atom. The maximum absolute atomic E-state index is 5.34. The lowest BCUT2D eigenvalue weighted by atomic mass is 9.96. The third kappa shape index (κ3) is 3.30. The van der Waals surface area contributed by atoms with E-state index in [0.717, 1.165) is 27.4 Å². The lowest BCUT2D eigenvalue weighted by molar-refractivity contribution is 0.555. The number of hydrogen-bond acceptors (Lipinski definition) is 7. The monoisotopic (exact) mass is 320 g/mol. The molecular formula is C14H16N4OS2. The van der Waals surface area contributed by atoms with Crippen LogP contribution in [0.2, 0.25) is 0 Å². The summed E-state index contributed by atoms with van der Waals surface area (Å²) < 4.78 is 9.72. The van der Waals surface area contributed by atoms with Crippen molar-refractivity contribution in [1.82, 2.24) is 14.3 Å². The molecule has 0 aliphatic rings. The van der Waals surface area contributed by atoms with E-state index in [1.807, 2.05) is 17.5 Å². The van der Waals surface area contributed by atoms with Crippen LogP contribution in [0.3, 0.4) is 0 Å². The molecule has 21 heavy (non-hydrogen) atoms. The van der Waals surface area contributed by atoms with Gasteiger partial charge in [-0.15, -0.1) is 11.3 Å². The predicted molar refractivity (Wildman–Crippen MR) is 85.8 cm³/mol. The highest BCUT2D eigenvalue weighted by atomic mass is 32.1. The minimum atomic E-state index is -0.0243. The fraction of sp³-hybridized carbons (Fsp3) is 0.357. The van der Waals surface area contributed by atoms with Gasteiger partial charge in [-0.25, -0.2) is 9.97 Å². The van der Waals surface area contributed by atoms with E-state index in [-0.39, 0.29) is 5.41 Å². The molecular weight excluding hydrogens is 304 g/mol. The quantitative estimate of drug-likeness (QED) is 0.782. The molecule has 110 valence electrons. The number of furan rings is 1. The lowest BCUT2D eigenvalue weighted by Gasteiger charge is -2.12. The summed E-state index contributed by atoms with van der Waals surface area (Å²) in [5.74, 6) is 1.67. The highest BCUT2D eigenvalue weighted by molar-refractivity contribution is 7.13. The van der Waals surface area contributed by atoms with Gasteiger partial charge in [0.15, 0.2) is 10.8 Å². The minimum Gasteiger partial charge on any atom is -0.462 e. The maximum Gasteiger partial charge on any atom is 0.202 e. The largest absolute Gasteiger partial charge is 0.462 e. The fourth-order valence-corrected chi connectivity index (χ4v) is 3.21. The Morgan fingerprint density at radius 3 is 2.81 bits per heavy atom. The van der Waals surface area contributed by atoms with Crippen LogP contribution in [0.15, 0.2) is 28.2 Å². The molecule has 0 bridgehead atoms. The lowest BCUT2D eigenvalue weighted by Crippen LogP contribution is -2.13. The topological polar surface area (TPSA) is 63.8 Å². The molecule has 3 heterocycles. The van der Waals surface area contributed by atoms with Gasteiger partial charge in [-0.1, -0.05) is 20.8 Å². The van der Waals surface area contributed by atoms with Crippen LogP contribution in [0.1, 0.15) is 32.3 Å². The van der Waals surface area contributed by atoms with Gasteiger partial charge in [0.1, 0.15) is 5.82 Å². The zero-order chi connectivity index (χ0) is 14.9. The van der Waals surface area contributed by atoms with Crippen molar-refractivity contribution in [3.63, 3.8) is 0 Å². The second kappa shape index (κ2) is 5.57. The van der Waals surface area contributed by atoms with E-state index in [4.69, 9.17) is 4.42 Å². The van der Waals surface area contributed by atoms with E-state index in [1.165, 1.54) is 11.5 Å². The van der Waals surface area contributed by atoms with Gasteiger partial charge in [0.05, 0.1) is 18.5 Å². The summed E-state index contributed by atoms with van der Waals surface area (Å²) in [7, 11) is 0. The van der Waals surface area contributed by atoms with Crippen LogP contribution in [-0.2, 0) is 12.0 Å². The molecule has 0 aromatic carbocycles. The third-order valence-electron chi connectivity index (χ3n) is 2.80. The summed E-state index contributed by atoms with van der Waals surface area (Å²) in [5.41, 5.74) is 0.947. The predicted octanol–water partition coefficient (Wildman–Crippen LogP) is 4.16. The molecule has 0 radical (unpaired) electrons. The fourth-order valence-electron chi connectivity index (χ4n) is 1.67. The molecule has 0 fully saturated rings. The molecule has 3 aromatic rings. The van der Waals surface area contributed by atoms with Crippen LogP contribution in [0.5, 0.6) is 0 Å². The van der Waals surface area contributed by atoms with Gasteiger partial charge >= 0.3 is 0 Å². The summed E-state index contributed by atoms with van der Waals surface area (Å²) in [6.45, 7) is 6.95. The van der Waals surface area contributed by atoms with Crippen LogP contribution in [-0.4, -0.2) is 14.3 Å². The van der Waals surface area contributed by atoms with Crippen molar-refractivity contribution >= 4 is 28.0 Å². The molecule has 7 heteroatoms. The summed E-state index contributed by atoms with van der Waals surface area (Å²) in [6.07, 6.45) is 1.66. The van der Waals surface area contributed by atoms with Crippen LogP contribution >= 0.6 is 22.9 Å².